The fourth-order valence-corrected chi connectivity index (χ4v) is 1.81. The number of carboxylic acids is 1. The number of hydrogen-bond acceptors (Lipinski definition) is 4. The number of carboxylic acid groups (broad SMARTS) is 1. The van der Waals surface area contributed by atoms with Crippen molar-refractivity contribution < 1.29 is 9.90 Å². The lowest BCUT2D eigenvalue weighted by Gasteiger charge is -2.08. The standard InChI is InChI=1S/C12H16ClN3O2/c13-10-6-8(12(17)18)7-16-11(10)15-5-1-4-14-9-2-3-9/h6-7,9,14H,1-5H2,(H,15,16)(H,17,18). The van der Waals surface area contributed by atoms with Crippen molar-refractivity contribution in [3.05, 3.63) is 22.8 Å². The first-order valence-corrected chi connectivity index (χ1v) is 6.40. The number of carbonyl (C=O) groups is 1. The highest BCUT2D eigenvalue weighted by molar-refractivity contribution is 6.33. The maximum absolute atomic E-state index is 10.7. The highest BCUT2D eigenvalue weighted by atomic mass is 35.5. The van der Waals surface area contributed by atoms with E-state index in [0.717, 1.165) is 25.6 Å². The van der Waals surface area contributed by atoms with Crippen LogP contribution in [0.3, 0.4) is 0 Å². The van der Waals surface area contributed by atoms with Gasteiger partial charge in [0.1, 0.15) is 5.82 Å². The van der Waals surface area contributed by atoms with Crippen molar-refractivity contribution in [2.24, 2.45) is 0 Å². The lowest BCUT2D eigenvalue weighted by Crippen LogP contribution is -2.20. The molecule has 1 fully saturated rings. The number of nitrogens with one attached hydrogen (secondary N) is 2. The normalized spacial score (nSPS) is 14.5. The number of aromatic nitrogens is 1. The largest absolute Gasteiger partial charge is 0.478 e. The predicted molar refractivity (Wildman–Crippen MR) is 70.3 cm³/mol. The van der Waals surface area contributed by atoms with Crippen molar-refractivity contribution >= 4 is 23.4 Å². The molecule has 2 rings (SSSR count). The van der Waals surface area contributed by atoms with E-state index in [9.17, 15) is 4.79 Å². The second-order valence-electron chi connectivity index (χ2n) is 4.37. The van der Waals surface area contributed by atoms with Crippen LogP contribution in [0.15, 0.2) is 12.3 Å². The number of hydrogen-bond donors (Lipinski definition) is 3. The van der Waals surface area contributed by atoms with Gasteiger partial charge in [0, 0.05) is 18.8 Å². The van der Waals surface area contributed by atoms with Gasteiger partial charge in [0.25, 0.3) is 0 Å². The third kappa shape index (κ3) is 3.85. The molecule has 5 nitrogen and oxygen atoms in total. The summed E-state index contributed by atoms with van der Waals surface area (Å²) in [5.41, 5.74) is 0.0981. The maximum Gasteiger partial charge on any atom is 0.337 e. The summed E-state index contributed by atoms with van der Waals surface area (Å²) in [7, 11) is 0. The van der Waals surface area contributed by atoms with Crippen LogP contribution in [-0.4, -0.2) is 35.2 Å². The average molecular weight is 270 g/mol. The zero-order valence-electron chi connectivity index (χ0n) is 9.95. The van der Waals surface area contributed by atoms with Gasteiger partial charge in [0.2, 0.25) is 0 Å². The molecule has 3 N–H and O–H groups in total. The Labute approximate surface area is 111 Å². The lowest BCUT2D eigenvalue weighted by atomic mass is 10.3. The number of anilines is 1. The Bertz CT molecular complexity index is 435. The van der Waals surface area contributed by atoms with Crippen LogP contribution in [0.1, 0.15) is 29.6 Å². The molecular weight excluding hydrogens is 254 g/mol. The number of aromatic carboxylic acids is 1. The second kappa shape index (κ2) is 6.02. The number of rotatable bonds is 7. The van der Waals surface area contributed by atoms with Crippen molar-refractivity contribution in [3.63, 3.8) is 0 Å². The summed E-state index contributed by atoms with van der Waals surface area (Å²) in [4.78, 5) is 14.7. The summed E-state index contributed by atoms with van der Waals surface area (Å²) in [5, 5.41) is 15.6. The van der Waals surface area contributed by atoms with E-state index < -0.39 is 5.97 Å². The van der Waals surface area contributed by atoms with E-state index in [2.05, 4.69) is 15.6 Å². The summed E-state index contributed by atoms with van der Waals surface area (Å²) >= 11 is 5.94. The zero-order chi connectivity index (χ0) is 13.0. The van der Waals surface area contributed by atoms with Crippen LogP contribution in [0.2, 0.25) is 5.02 Å². The Balaban J connectivity index is 1.75. The van der Waals surface area contributed by atoms with E-state index >= 15 is 0 Å². The van der Waals surface area contributed by atoms with E-state index in [1.54, 1.807) is 0 Å². The fourth-order valence-electron chi connectivity index (χ4n) is 1.57. The molecule has 1 saturated carbocycles. The summed E-state index contributed by atoms with van der Waals surface area (Å²) < 4.78 is 0. The van der Waals surface area contributed by atoms with Gasteiger partial charge in [0.05, 0.1) is 10.6 Å². The molecule has 0 radical (unpaired) electrons. The second-order valence-corrected chi connectivity index (χ2v) is 4.78. The van der Waals surface area contributed by atoms with Crippen molar-refractivity contribution in [1.82, 2.24) is 10.3 Å². The summed E-state index contributed by atoms with van der Waals surface area (Å²) in [5.74, 6) is -0.488. The van der Waals surface area contributed by atoms with Crippen LogP contribution in [0, 0.1) is 0 Å². The van der Waals surface area contributed by atoms with Gasteiger partial charge in [-0.3, -0.25) is 0 Å². The molecule has 0 atom stereocenters. The molecule has 1 aliphatic rings. The van der Waals surface area contributed by atoms with E-state index in [-0.39, 0.29) is 5.56 Å². The van der Waals surface area contributed by atoms with Gasteiger partial charge >= 0.3 is 5.97 Å². The highest BCUT2D eigenvalue weighted by Gasteiger charge is 2.19. The Hall–Kier alpha value is -1.33. The molecule has 0 saturated heterocycles. The first-order chi connectivity index (χ1) is 8.66. The molecule has 0 aliphatic heterocycles. The monoisotopic (exact) mass is 269 g/mol. The van der Waals surface area contributed by atoms with E-state index in [4.69, 9.17) is 16.7 Å². The third-order valence-corrected chi connectivity index (χ3v) is 3.03. The predicted octanol–water partition coefficient (Wildman–Crippen LogP) is 1.99. The van der Waals surface area contributed by atoms with Crippen LogP contribution in [0.4, 0.5) is 5.82 Å². The Morgan fingerprint density at radius 1 is 1.50 bits per heavy atom. The first-order valence-electron chi connectivity index (χ1n) is 6.03. The molecule has 98 valence electrons. The van der Waals surface area contributed by atoms with Crippen LogP contribution in [-0.2, 0) is 0 Å². The fraction of sp³-hybridized carbons (Fsp3) is 0.500. The van der Waals surface area contributed by atoms with Gasteiger partial charge in [-0.25, -0.2) is 9.78 Å². The summed E-state index contributed by atoms with van der Waals surface area (Å²) in [6, 6.07) is 2.13. The topological polar surface area (TPSA) is 74.2 Å². The van der Waals surface area contributed by atoms with Crippen molar-refractivity contribution in [3.8, 4) is 0 Å². The number of nitrogens with zero attached hydrogens (tertiary/aromatic N) is 1. The zero-order valence-corrected chi connectivity index (χ0v) is 10.7. The minimum absolute atomic E-state index is 0.0981. The van der Waals surface area contributed by atoms with Gasteiger partial charge < -0.3 is 15.7 Å². The van der Waals surface area contributed by atoms with Crippen molar-refractivity contribution in [2.75, 3.05) is 18.4 Å². The molecule has 0 bridgehead atoms. The van der Waals surface area contributed by atoms with Crippen LogP contribution >= 0.6 is 11.6 Å². The van der Waals surface area contributed by atoms with E-state index in [1.807, 2.05) is 0 Å². The molecule has 1 heterocycles. The molecule has 0 amide bonds. The molecule has 1 aromatic heterocycles. The van der Waals surface area contributed by atoms with Crippen LogP contribution in [0.5, 0.6) is 0 Å². The van der Waals surface area contributed by atoms with Gasteiger partial charge in [-0.15, -0.1) is 0 Å². The van der Waals surface area contributed by atoms with Gasteiger partial charge in [0.15, 0.2) is 0 Å². The SMILES string of the molecule is O=C(O)c1cnc(NCCCNC2CC2)c(Cl)c1. The minimum Gasteiger partial charge on any atom is -0.478 e. The Morgan fingerprint density at radius 3 is 2.89 bits per heavy atom. The van der Waals surface area contributed by atoms with Crippen LogP contribution in [0.25, 0.3) is 0 Å². The maximum atomic E-state index is 10.7. The van der Waals surface area contributed by atoms with E-state index in [0.29, 0.717) is 10.8 Å². The quantitative estimate of drug-likeness (QED) is 0.660. The average Bonchev–Trinajstić information content (AvgIpc) is 3.14. The molecule has 18 heavy (non-hydrogen) atoms. The number of pyridine rings is 1. The summed E-state index contributed by atoms with van der Waals surface area (Å²) in [6.07, 6.45) is 4.86. The first kappa shape index (κ1) is 13.1. The molecule has 0 spiro atoms. The highest BCUT2D eigenvalue weighted by Crippen LogP contribution is 2.20. The lowest BCUT2D eigenvalue weighted by molar-refractivity contribution is 0.0696. The molecular formula is C12H16ClN3O2. The molecule has 0 aromatic carbocycles. The van der Waals surface area contributed by atoms with Crippen molar-refractivity contribution in [2.45, 2.75) is 25.3 Å². The minimum atomic E-state index is -1.02. The third-order valence-electron chi connectivity index (χ3n) is 2.74. The van der Waals surface area contributed by atoms with Crippen molar-refractivity contribution in [1.29, 1.82) is 0 Å². The molecule has 0 unspecified atom stereocenters. The van der Waals surface area contributed by atoms with E-state index in [1.165, 1.54) is 25.1 Å². The molecule has 1 aliphatic carbocycles. The summed E-state index contributed by atoms with van der Waals surface area (Å²) in [6.45, 7) is 1.74. The number of halogens is 1. The van der Waals surface area contributed by atoms with Gasteiger partial charge in [-0.2, -0.15) is 0 Å². The molecule has 6 heteroatoms. The van der Waals surface area contributed by atoms with Gasteiger partial charge in [-0.1, -0.05) is 11.6 Å². The van der Waals surface area contributed by atoms with Gasteiger partial charge in [-0.05, 0) is 31.9 Å². The Kier molecular flexibility index (Phi) is 4.38. The Morgan fingerprint density at radius 2 is 2.28 bits per heavy atom. The molecule has 1 aromatic rings. The van der Waals surface area contributed by atoms with Crippen LogP contribution < -0.4 is 10.6 Å². The smallest absolute Gasteiger partial charge is 0.337 e.